The van der Waals surface area contributed by atoms with Gasteiger partial charge in [-0.2, -0.15) is 15.0 Å². The highest BCUT2D eigenvalue weighted by atomic mass is 35.5. The maximum atomic E-state index is 15.2. The number of nitrogens with zero attached hydrogens (tertiary/aromatic N) is 14. The fourth-order valence-corrected chi connectivity index (χ4v) is 15.4. The summed E-state index contributed by atoms with van der Waals surface area (Å²) in [4.78, 5) is 97.4. The van der Waals surface area contributed by atoms with Gasteiger partial charge in [-0.15, -0.1) is 0 Å². The van der Waals surface area contributed by atoms with E-state index in [0.717, 1.165) is 84.7 Å². The van der Waals surface area contributed by atoms with Crippen molar-refractivity contribution in [2.75, 3.05) is 151 Å². The third kappa shape index (κ3) is 23.1. The number of nitrogens with one attached hydrogen (secondary N) is 4. The number of para-hydroxylation sites is 5. The molecular weight excluding hydrogens is 1800 g/mol. The summed E-state index contributed by atoms with van der Waals surface area (Å²) in [5, 5.41) is 14.5. The van der Waals surface area contributed by atoms with Crippen LogP contribution in [0.25, 0.3) is 0 Å². The number of urea groups is 3. The minimum absolute atomic E-state index is 0.00191. The van der Waals surface area contributed by atoms with Gasteiger partial charge in [-0.1, -0.05) is 83.8 Å². The molecule has 4 aliphatic carbocycles. The highest BCUT2D eigenvalue weighted by molar-refractivity contribution is 6.36. The third-order valence-electron chi connectivity index (χ3n) is 22.4. The van der Waals surface area contributed by atoms with Crippen LogP contribution in [0.15, 0.2) is 159 Å². The third-order valence-corrected chi connectivity index (χ3v) is 23.9. The molecule has 132 heavy (non-hydrogen) atoms. The fraction of sp³-hybridized carbons (Fsp3) is 0.312. The van der Waals surface area contributed by atoms with Gasteiger partial charge in [0.2, 0.25) is 22.5 Å². The average molecular weight is 1900 g/mol. The van der Waals surface area contributed by atoms with Crippen molar-refractivity contribution in [3.05, 3.63) is 218 Å². The molecule has 33 nitrogen and oxygen atoms in total. The Morgan fingerprint density at radius 1 is 0.439 bits per heavy atom. The van der Waals surface area contributed by atoms with Crippen LogP contribution < -0.4 is 106 Å². The Kier molecular flexibility index (Phi) is 30.8. The van der Waals surface area contributed by atoms with Crippen molar-refractivity contribution < 1.29 is 61.5 Å². The first kappa shape index (κ1) is 94.6. The summed E-state index contributed by atoms with van der Waals surface area (Å²) in [5.41, 5.74) is 25.8. The summed E-state index contributed by atoms with van der Waals surface area (Å²) >= 11 is 31.4. The summed E-state index contributed by atoms with van der Waals surface area (Å²) in [6.07, 6.45) is 17.2. The lowest BCUT2D eigenvalue weighted by Crippen LogP contribution is -2.49. The fourth-order valence-electron chi connectivity index (χ4n) is 14.4. The molecule has 0 spiro atoms. The first-order valence-corrected chi connectivity index (χ1v) is 44.1. The number of halogens is 6. The number of nitrogen functional groups attached to an aromatic ring is 3. The zero-order chi connectivity index (χ0) is 93.6. The minimum atomic E-state index is -0.634. The van der Waals surface area contributed by atoms with Gasteiger partial charge in [-0.25, -0.2) is 43.7 Å². The predicted octanol–water partition coefficient (Wildman–Crippen LogP) is 19.1. The van der Waals surface area contributed by atoms with E-state index in [9.17, 15) is 19.2 Å². The SMILES string of the molecule is C=CC(=O)Cc1ccccc1Nc1ncc2c(n1)N(CC1CC1)C(=O)N(c1cc(OC)cc(OC)c1Cl)C2.COc1cc(NCc2cnc(Cl)nc2NCC2CC2)c(Cl)c(OC)c1.COc1cc(OC)c(Cl)c(N2Cc3cnc(Cl)nc3N(CC3CC3)C2=O)c1.COc1cc(OC)c(F)c(N2Cc3cnc(Nc4ccccc4N)nc3N(CC3CC3)C2=O)c1.Nc1ccccc1N. The number of methoxy groups -OCH3 is 8. The van der Waals surface area contributed by atoms with Gasteiger partial charge in [0.25, 0.3) is 0 Å². The van der Waals surface area contributed by atoms with Gasteiger partial charge in [0, 0.05) is 140 Å². The minimum Gasteiger partial charge on any atom is -0.497 e. The molecule has 690 valence electrons. The maximum Gasteiger partial charge on any atom is 0.330 e. The molecule has 10 N–H and O–H groups in total. The van der Waals surface area contributed by atoms with Gasteiger partial charge >= 0.3 is 18.1 Å². The number of carbonyl (C=O) groups excluding carboxylic acids is 4. The number of anilines is 15. The van der Waals surface area contributed by atoms with E-state index >= 15 is 4.39 Å². The zero-order valence-corrected chi connectivity index (χ0v) is 77.4. The van der Waals surface area contributed by atoms with Crippen molar-refractivity contribution in [2.24, 2.45) is 23.7 Å². The molecule has 18 rings (SSSR count). The molecule has 7 aromatic carbocycles. The molecule has 0 unspecified atom stereocenters. The molecule has 0 radical (unpaired) electrons. The second-order valence-electron chi connectivity index (χ2n) is 31.7. The van der Waals surface area contributed by atoms with Crippen LogP contribution in [0, 0.1) is 29.5 Å². The Balaban J connectivity index is 0.000000139. The molecule has 7 heterocycles. The van der Waals surface area contributed by atoms with Crippen LogP contribution in [-0.2, 0) is 37.4 Å². The number of hydrogen-bond acceptors (Lipinski definition) is 27. The lowest BCUT2D eigenvalue weighted by atomic mass is 10.1. The van der Waals surface area contributed by atoms with E-state index in [1.165, 1.54) is 64.4 Å². The summed E-state index contributed by atoms with van der Waals surface area (Å²) in [6, 6.07) is 34.5. The topological polar surface area (TPSA) is 391 Å². The lowest BCUT2D eigenvalue weighted by molar-refractivity contribution is -0.114. The molecule has 39 heteroatoms. The zero-order valence-electron chi connectivity index (χ0n) is 73.6. The lowest BCUT2D eigenvalue weighted by Gasteiger charge is -2.36. The summed E-state index contributed by atoms with van der Waals surface area (Å²) in [5.74, 6) is 7.84. The van der Waals surface area contributed by atoms with Crippen LogP contribution >= 0.6 is 58.0 Å². The first-order valence-electron chi connectivity index (χ1n) is 42.2. The first-order chi connectivity index (χ1) is 63.8. The van der Waals surface area contributed by atoms with E-state index in [-0.39, 0.29) is 71.9 Å². The van der Waals surface area contributed by atoms with Crippen molar-refractivity contribution >= 4 is 168 Å². The Bertz CT molecular complexity index is 6060. The maximum absolute atomic E-state index is 15.2. The number of aromatic nitrogens is 8. The number of hydrogen-bond donors (Lipinski definition) is 7. The van der Waals surface area contributed by atoms with Crippen LogP contribution in [0.4, 0.5) is 105 Å². The van der Waals surface area contributed by atoms with Crippen LogP contribution in [0.2, 0.25) is 25.6 Å². The number of nitrogens with two attached hydrogens (primary N) is 3. The number of allylic oxidation sites excluding steroid dienone is 1. The second-order valence-corrected chi connectivity index (χ2v) is 33.5. The molecule has 6 amide bonds. The summed E-state index contributed by atoms with van der Waals surface area (Å²) < 4.78 is 57.7. The summed E-state index contributed by atoms with van der Waals surface area (Å²) in [7, 11) is 12.2. The van der Waals surface area contributed by atoms with Gasteiger partial charge < -0.3 is 76.4 Å². The Hall–Kier alpha value is -13.5. The number of fused-ring (bicyclic) bond motifs is 3. The van der Waals surface area contributed by atoms with Crippen LogP contribution in [0.5, 0.6) is 46.0 Å². The summed E-state index contributed by atoms with van der Waals surface area (Å²) in [6.45, 7) is 7.19. The Morgan fingerprint density at radius 3 is 1.29 bits per heavy atom. The molecule has 7 aliphatic rings. The van der Waals surface area contributed by atoms with Gasteiger partial charge in [-0.3, -0.25) is 34.2 Å². The number of ketones is 1. The van der Waals surface area contributed by atoms with Gasteiger partial charge in [0.15, 0.2) is 17.3 Å². The smallest absolute Gasteiger partial charge is 0.330 e. The van der Waals surface area contributed by atoms with Crippen LogP contribution in [0.1, 0.15) is 79.2 Å². The molecule has 4 saturated carbocycles. The van der Waals surface area contributed by atoms with E-state index in [2.05, 4.69) is 62.7 Å². The van der Waals surface area contributed by atoms with E-state index in [1.54, 1.807) is 126 Å². The molecule has 0 saturated heterocycles. The van der Waals surface area contributed by atoms with Crippen molar-refractivity contribution in [3.8, 4) is 46.0 Å². The van der Waals surface area contributed by atoms with Crippen LogP contribution in [-0.4, -0.2) is 147 Å². The standard InChI is InChI=1S/C28H28ClN5O4.C24H25FN6O3.C18H18Cl2N4O3.C17H20Cl2N4O2.C6H8N2/c1-4-20(35)11-18-7-5-6-8-22(18)31-27-30-14-19-16-33(23-12-21(37-2)13-24(38-3)25(23)29)28(36)34(26(19)32-27)15-17-9-10-17;1-33-16-9-19(21(25)20(10-16)34-2)30-13-15-11-27-23(28-18-6-4-3-5-17(18)26)29-22(15)31(24(30)32)12-14-7-8-14;1-26-12-5-13(15(19)14(6-12)27-2)23-9-11-7-21-17(20)22-16(11)24(18(23)25)8-10-3-4-10;1-24-12-5-13(15(18)14(6-12)25-2)20-8-11-9-22-17(19)23-16(11)21-7-10-3-4-10;7-5-3-1-2-4-6(5)8/h4-8,12-14,17H,1,9-11,15-16H2,2-3H3,(H,30,31,32);3-6,9-11,14H,7-8,12-13,26H2,1-2H3,(H,27,28,29);5-7,10H,3-4,8-9H2,1-2H3;5-6,9-10,20H,3-4,7-8H2,1-2H3,(H,21,22,23);1-4H,7-8H2. The molecule has 0 bridgehead atoms. The largest absolute Gasteiger partial charge is 0.497 e. The van der Waals surface area contributed by atoms with Gasteiger partial charge in [0.1, 0.15) is 78.6 Å². The van der Waals surface area contributed by atoms with E-state index in [4.69, 9.17) is 118 Å². The average Bonchev–Trinajstić information content (AvgIpc) is 0.774. The molecule has 3 aliphatic heterocycles. The number of ether oxygens (including phenoxy) is 8. The number of amides is 6. The van der Waals surface area contributed by atoms with E-state index < -0.39 is 5.82 Å². The van der Waals surface area contributed by atoms with Crippen molar-refractivity contribution in [1.29, 1.82) is 0 Å². The van der Waals surface area contributed by atoms with E-state index in [1.807, 2.05) is 60.7 Å². The van der Waals surface area contributed by atoms with Crippen molar-refractivity contribution in [1.82, 2.24) is 39.9 Å². The second kappa shape index (κ2) is 43.0. The number of carbonyl (C=O) groups is 4. The van der Waals surface area contributed by atoms with Crippen molar-refractivity contribution in [2.45, 2.75) is 84.0 Å². The molecule has 11 aromatic rings. The molecule has 4 aromatic heterocycles. The Labute approximate surface area is 787 Å². The molecule has 4 fully saturated rings. The highest BCUT2D eigenvalue weighted by Crippen LogP contribution is 2.48. The number of benzene rings is 7. The predicted molar refractivity (Wildman–Crippen MR) is 513 cm³/mol. The van der Waals surface area contributed by atoms with Crippen LogP contribution in [0.3, 0.4) is 0 Å². The molecular formula is C93H99Cl5FN21O12. The Morgan fingerprint density at radius 2 is 0.833 bits per heavy atom. The van der Waals surface area contributed by atoms with Gasteiger partial charge in [0.05, 0.1) is 122 Å². The normalized spacial score (nSPS) is 14.6. The van der Waals surface area contributed by atoms with E-state index in [0.29, 0.717) is 174 Å². The quantitative estimate of drug-likeness (QED) is 0.0125. The van der Waals surface area contributed by atoms with Crippen molar-refractivity contribution in [3.63, 3.8) is 0 Å². The number of rotatable bonds is 30. The monoisotopic (exact) mass is 1900 g/mol. The molecule has 0 atom stereocenters. The van der Waals surface area contributed by atoms with Gasteiger partial charge in [-0.05, 0) is 140 Å². The highest BCUT2D eigenvalue weighted by Gasteiger charge is 2.42.